The summed E-state index contributed by atoms with van der Waals surface area (Å²) in [5.74, 6) is -0.0888. The van der Waals surface area contributed by atoms with E-state index in [2.05, 4.69) is 6.07 Å². The van der Waals surface area contributed by atoms with Crippen LogP contribution in [0.1, 0.15) is 34.0 Å². The normalized spacial score (nSPS) is 11.8. The molecule has 0 aliphatic heterocycles. The van der Waals surface area contributed by atoms with E-state index in [0.29, 0.717) is 5.56 Å². The Morgan fingerprint density at radius 3 is 2.18 bits per heavy atom. The standard InChI is InChI=1S/C14H18N2O/c1-9-6-10(2)13(11(3)7-9)14(17)16(5)12(4)8-15/h6-7,12H,1-5H3. The highest BCUT2D eigenvalue weighted by Gasteiger charge is 2.20. The quantitative estimate of drug-likeness (QED) is 0.783. The molecule has 1 aromatic carbocycles. The van der Waals surface area contributed by atoms with Gasteiger partial charge in [0.05, 0.1) is 6.07 Å². The fourth-order valence-electron chi connectivity index (χ4n) is 1.96. The van der Waals surface area contributed by atoms with Gasteiger partial charge < -0.3 is 4.90 Å². The minimum Gasteiger partial charge on any atom is -0.326 e. The largest absolute Gasteiger partial charge is 0.326 e. The molecule has 1 rings (SSSR count). The van der Waals surface area contributed by atoms with Crippen molar-refractivity contribution in [2.75, 3.05) is 7.05 Å². The Hall–Kier alpha value is -1.82. The molecule has 3 heteroatoms. The van der Waals surface area contributed by atoms with Gasteiger partial charge in [-0.15, -0.1) is 0 Å². The van der Waals surface area contributed by atoms with Crippen LogP contribution < -0.4 is 0 Å². The van der Waals surface area contributed by atoms with Crippen molar-refractivity contribution < 1.29 is 4.79 Å². The molecule has 0 heterocycles. The highest BCUT2D eigenvalue weighted by molar-refractivity contribution is 5.97. The van der Waals surface area contributed by atoms with Crippen LogP contribution >= 0.6 is 0 Å². The SMILES string of the molecule is Cc1cc(C)c(C(=O)N(C)C(C)C#N)c(C)c1. The lowest BCUT2D eigenvalue weighted by atomic mass is 9.98. The number of nitrogens with zero attached hydrogens (tertiary/aromatic N) is 2. The molecule has 0 N–H and O–H groups in total. The van der Waals surface area contributed by atoms with Crippen molar-refractivity contribution in [1.82, 2.24) is 4.90 Å². The van der Waals surface area contributed by atoms with E-state index in [1.807, 2.05) is 32.9 Å². The summed E-state index contributed by atoms with van der Waals surface area (Å²) >= 11 is 0. The molecule has 1 amide bonds. The highest BCUT2D eigenvalue weighted by Crippen LogP contribution is 2.18. The minimum absolute atomic E-state index is 0.0888. The molecule has 0 aliphatic rings. The Bertz CT molecular complexity index is 462. The van der Waals surface area contributed by atoms with Crippen LogP contribution in [0.5, 0.6) is 0 Å². The lowest BCUT2D eigenvalue weighted by Crippen LogP contribution is -2.34. The number of rotatable bonds is 2. The first-order valence-corrected chi connectivity index (χ1v) is 5.63. The summed E-state index contributed by atoms with van der Waals surface area (Å²) in [6.07, 6.45) is 0. The Labute approximate surface area is 103 Å². The number of aryl methyl sites for hydroxylation is 3. The summed E-state index contributed by atoms with van der Waals surface area (Å²) in [5.41, 5.74) is 3.78. The number of amides is 1. The zero-order valence-electron chi connectivity index (χ0n) is 11.0. The highest BCUT2D eigenvalue weighted by atomic mass is 16.2. The summed E-state index contributed by atoms with van der Waals surface area (Å²) in [5, 5.41) is 8.84. The first-order valence-electron chi connectivity index (χ1n) is 5.63. The third-order valence-corrected chi connectivity index (χ3v) is 2.98. The molecule has 0 bridgehead atoms. The Morgan fingerprint density at radius 2 is 1.76 bits per heavy atom. The van der Waals surface area contributed by atoms with Gasteiger partial charge in [-0.3, -0.25) is 4.79 Å². The van der Waals surface area contributed by atoms with E-state index in [1.54, 1.807) is 14.0 Å². The van der Waals surface area contributed by atoms with Crippen molar-refractivity contribution in [3.05, 3.63) is 34.4 Å². The van der Waals surface area contributed by atoms with Crippen molar-refractivity contribution in [3.8, 4) is 6.07 Å². The maximum atomic E-state index is 12.3. The summed E-state index contributed by atoms with van der Waals surface area (Å²) in [6, 6.07) is 5.64. The lowest BCUT2D eigenvalue weighted by Gasteiger charge is -2.21. The van der Waals surface area contributed by atoms with Gasteiger partial charge in [-0.05, 0) is 38.8 Å². The molecule has 0 aromatic heterocycles. The Balaban J connectivity index is 3.18. The predicted octanol–water partition coefficient (Wildman–Crippen LogP) is 2.60. The molecule has 90 valence electrons. The maximum absolute atomic E-state index is 12.3. The molecule has 0 fully saturated rings. The van der Waals surface area contributed by atoms with Crippen LogP contribution in [0.2, 0.25) is 0 Å². The summed E-state index contributed by atoms with van der Waals surface area (Å²) in [7, 11) is 1.66. The van der Waals surface area contributed by atoms with Crippen molar-refractivity contribution in [3.63, 3.8) is 0 Å². The Morgan fingerprint density at radius 1 is 1.29 bits per heavy atom. The van der Waals surface area contributed by atoms with Crippen molar-refractivity contribution in [1.29, 1.82) is 5.26 Å². The zero-order chi connectivity index (χ0) is 13.2. The van der Waals surface area contributed by atoms with E-state index < -0.39 is 6.04 Å². The molecule has 0 spiro atoms. The van der Waals surface area contributed by atoms with Crippen molar-refractivity contribution >= 4 is 5.91 Å². The number of carbonyl (C=O) groups is 1. The smallest absolute Gasteiger partial charge is 0.255 e. The molecular formula is C14H18N2O. The average Bonchev–Trinajstić information content (AvgIpc) is 2.25. The van der Waals surface area contributed by atoms with Gasteiger partial charge in [0.1, 0.15) is 6.04 Å². The molecule has 0 radical (unpaired) electrons. The molecular weight excluding hydrogens is 212 g/mol. The van der Waals surface area contributed by atoms with Crippen LogP contribution in [0.3, 0.4) is 0 Å². The van der Waals surface area contributed by atoms with Crippen LogP contribution in [0.15, 0.2) is 12.1 Å². The minimum atomic E-state index is -0.414. The fourth-order valence-corrected chi connectivity index (χ4v) is 1.96. The number of benzene rings is 1. The van der Waals surface area contributed by atoms with Gasteiger partial charge in [0.2, 0.25) is 0 Å². The average molecular weight is 230 g/mol. The van der Waals surface area contributed by atoms with Crippen molar-refractivity contribution in [2.24, 2.45) is 0 Å². The molecule has 1 unspecified atom stereocenters. The summed E-state index contributed by atoms with van der Waals surface area (Å²) < 4.78 is 0. The molecule has 1 atom stereocenters. The van der Waals surface area contributed by atoms with Crippen molar-refractivity contribution in [2.45, 2.75) is 33.7 Å². The van der Waals surface area contributed by atoms with Crippen LogP contribution in [0, 0.1) is 32.1 Å². The molecule has 0 aliphatic carbocycles. The number of nitriles is 1. The topological polar surface area (TPSA) is 44.1 Å². The Kier molecular flexibility index (Phi) is 3.90. The monoisotopic (exact) mass is 230 g/mol. The first-order chi connectivity index (χ1) is 7.88. The first kappa shape index (κ1) is 13.2. The number of hydrogen-bond donors (Lipinski definition) is 0. The van der Waals surface area contributed by atoms with Gasteiger partial charge >= 0.3 is 0 Å². The third kappa shape index (κ3) is 2.65. The molecule has 0 saturated carbocycles. The van der Waals surface area contributed by atoms with E-state index in [4.69, 9.17) is 5.26 Å². The van der Waals surface area contributed by atoms with E-state index >= 15 is 0 Å². The van der Waals surface area contributed by atoms with E-state index in [1.165, 1.54) is 4.90 Å². The van der Waals surface area contributed by atoms with Gasteiger partial charge in [-0.1, -0.05) is 17.7 Å². The predicted molar refractivity (Wildman–Crippen MR) is 67.8 cm³/mol. The van der Waals surface area contributed by atoms with Crippen LogP contribution in [0.25, 0.3) is 0 Å². The van der Waals surface area contributed by atoms with Crippen LogP contribution in [0.4, 0.5) is 0 Å². The van der Waals surface area contributed by atoms with Crippen LogP contribution in [-0.4, -0.2) is 23.9 Å². The van der Waals surface area contributed by atoms with E-state index in [9.17, 15) is 4.79 Å². The lowest BCUT2D eigenvalue weighted by molar-refractivity contribution is 0.0771. The fraction of sp³-hybridized carbons (Fsp3) is 0.429. The second kappa shape index (κ2) is 5.01. The second-order valence-corrected chi connectivity index (χ2v) is 4.49. The van der Waals surface area contributed by atoms with Gasteiger partial charge in [0.25, 0.3) is 5.91 Å². The van der Waals surface area contributed by atoms with Crippen LogP contribution in [-0.2, 0) is 0 Å². The van der Waals surface area contributed by atoms with Gasteiger partial charge in [0, 0.05) is 12.6 Å². The van der Waals surface area contributed by atoms with Gasteiger partial charge in [0.15, 0.2) is 0 Å². The third-order valence-electron chi connectivity index (χ3n) is 2.98. The molecule has 3 nitrogen and oxygen atoms in total. The number of carbonyl (C=O) groups excluding carboxylic acids is 1. The summed E-state index contributed by atoms with van der Waals surface area (Å²) in [4.78, 5) is 13.7. The number of hydrogen-bond acceptors (Lipinski definition) is 2. The molecule has 1 aromatic rings. The van der Waals surface area contributed by atoms with E-state index in [-0.39, 0.29) is 5.91 Å². The zero-order valence-corrected chi connectivity index (χ0v) is 11.0. The molecule has 17 heavy (non-hydrogen) atoms. The molecule has 0 saturated heterocycles. The van der Waals surface area contributed by atoms with Gasteiger partial charge in [-0.2, -0.15) is 5.26 Å². The summed E-state index contributed by atoms with van der Waals surface area (Å²) in [6.45, 7) is 7.59. The van der Waals surface area contributed by atoms with E-state index in [0.717, 1.165) is 16.7 Å². The maximum Gasteiger partial charge on any atom is 0.255 e. The van der Waals surface area contributed by atoms with Gasteiger partial charge in [-0.25, -0.2) is 0 Å². The second-order valence-electron chi connectivity index (χ2n) is 4.49.